The van der Waals surface area contributed by atoms with E-state index in [0.29, 0.717) is 5.56 Å². The van der Waals surface area contributed by atoms with Gasteiger partial charge in [0.25, 0.3) is 11.8 Å². The van der Waals surface area contributed by atoms with Crippen molar-refractivity contribution < 1.29 is 9.59 Å². The van der Waals surface area contributed by atoms with Crippen LogP contribution in [-0.2, 0) is 0 Å². The number of hydrogen-bond acceptors (Lipinski definition) is 3. The maximum absolute atomic E-state index is 12.0. The maximum atomic E-state index is 12.0. The first-order valence-corrected chi connectivity index (χ1v) is 7.16. The Kier molecular flexibility index (Phi) is 4.53. The fraction of sp³-hybridized carbons (Fsp3) is 0.214. The number of rotatable bonds is 3. The summed E-state index contributed by atoms with van der Waals surface area (Å²) in [4.78, 5) is 24.0. The summed E-state index contributed by atoms with van der Waals surface area (Å²) in [7, 11) is 0. The highest BCUT2D eigenvalue weighted by Gasteiger charge is 2.13. The van der Waals surface area contributed by atoms with Gasteiger partial charge in [0.05, 0.1) is 17.8 Å². The van der Waals surface area contributed by atoms with Crippen molar-refractivity contribution in [1.29, 1.82) is 0 Å². The molecule has 1 N–H and O–H groups in total. The van der Waals surface area contributed by atoms with Gasteiger partial charge in [0.1, 0.15) is 0 Å². The highest BCUT2D eigenvalue weighted by molar-refractivity contribution is 14.1. The number of nitrogens with zero attached hydrogens (tertiary/aromatic N) is 2. The Morgan fingerprint density at radius 3 is 2.60 bits per heavy atom. The SMILES string of the molecule is Cc1cc(C)n(C(=O)CNC(=O)c2ccccc2I)n1. The number of benzene rings is 1. The minimum Gasteiger partial charge on any atom is -0.343 e. The average Bonchev–Trinajstić information content (AvgIpc) is 2.75. The third-order valence-corrected chi connectivity index (χ3v) is 3.71. The number of nitrogens with one attached hydrogen (secondary N) is 1. The lowest BCUT2D eigenvalue weighted by Gasteiger charge is -2.07. The first-order chi connectivity index (χ1) is 9.49. The zero-order valence-corrected chi connectivity index (χ0v) is 13.3. The van der Waals surface area contributed by atoms with Crippen LogP contribution in [0.15, 0.2) is 30.3 Å². The van der Waals surface area contributed by atoms with Gasteiger partial charge in [0.15, 0.2) is 0 Å². The molecule has 1 amide bonds. The molecule has 6 heteroatoms. The summed E-state index contributed by atoms with van der Waals surface area (Å²) >= 11 is 2.09. The van der Waals surface area contributed by atoms with Crippen LogP contribution in [-0.4, -0.2) is 28.1 Å². The van der Waals surface area contributed by atoms with Crippen molar-refractivity contribution in [3.05, 3.63) is 50.9 Å². The smallest absolute Gasteiger partial charge is 0.266 e. The lowest BCUT2D eigenvalue weighted by molar-refractivity contribution is 0.0848. The summed E-state index contributed by atoms with van der Waals surface area (Å²) in [5.41, 5.74) is 2.10. The number of aromatic nitrogens is 2. The van der Waals surface area contributed by atoms with Crippen LogP contribution in [0.4, 0.5) is 0 Å². The zero-order valence-electron chi connectivity index (χ0n) is 11.2. The van der Waals surface area contributed by atoms with Crippen molar-refractivity contribution in [1.82, 2.24) is 15.1 Å². The van der Waals surface area contributed by atoms with Crippen LogP contribution < -0.4 is 5.32 Å². The molecular weight excluding hydrogens is 369 g/mol. The maximum Gasteiger partial charge on any atom is 0.266 e. The summed E-state index contributed by atoms with van der Waals surface area (Å²) in [6.45, 7) is 3.55. The molecule has 0 bridgehead atoms. The van der Waals surface area contributed by atoms with Crippen LogP contribution in [0.1, 0.15) is 26.5 Å². The highest BCUT2D eigenvalue weighted by Crippen LogP contribution is 2.10. The highest BCUT2D eigenvalue weighted by atomic mass is 127. The molecule has 0 unspecified atom stereocenters. The fourth-order valence-electron chi connectivity index (χ4n) is 1.85. The van der Waals surface area contributed by atoms with Gasteiger partial charge in [-0.1, -0.05) is 12.1 Å². The van der Waals surface area contributed by atoms with E-state index in [-0.39, 0.29) is 18.4 Å². The van der Waals surface area contributed by atoms with Crippen LogP contribution in [0.2, 0.25) is 0 Å². The Balaban J connectivity index is 2.02. The number of amides is 1. The van der Waals surface area contributed by atoms with Gasteiger partial charge in [-0.25, -0.2) is 4.68 Å². The van der Waals surface area contributed by atoms with Crippen molar-refractivity contribution in [2.75, 3.05) is 6.54 Å². The number of carbonyl (C=O) groups excluding carboxylic acids is 2. The van der Waals surface area contributed by atoms with E-state index < -0.39 is 0 Å². The first-order valence-electron chi connectivity index (χ1n) is 6.08. The van der Waals surface area contributed by atoms with Gasteiger partial charge < -0.3 is 5.32 Å². The predicted molar refractivity (Wildman–Crippen MR) is 83.8 cm³/mol. The average molecular weight is 383 g/mol. The minimum atomic E-state index is -0.259. The summed E-state index contributed by atoms with van der Waals surface area (Å²) in [6, 6.07) is 9.04. The molecule has 0 aliphatic heterocycles. The molecular formula is C14H14IN3O2. The number of halogens is 1. The van der Waals surface area contributed by atoms with Gasteiger partial charge in [-0.2, -0.15) is 5.10 Å². The second-order valence-corrected chi connectivity index (χ2v) is 5.56. The Bertz CT molecular complexity index is 664. The largest absolute Gasteiger partial charge is 0.343 e. The molecule has 2 rings (SSSR count). The van der Waals surface area contributed by atoms with Crippen molar-refractivity contribution in [3.63, 3.8) is 0 Å². The van der Waals surface area contributed by atoms with E-state index in [9.17, 15) is 9.59 Å². The van der Waals surface area contributed by atoms with E-state index in [1.54, 1.807) is 19.1 Å². The van der Waals surface area contributed by atoms with Crippen LogP contribution in [0.3, 0.4) is 0 Å². The molecule has 0 atom stereocenters. The summed E-state index contributed by atoms with van der Waals surface area (Å²) in [5, 5.41) is 6.71. The molecule has 0 saturated heterocycles. The fourth-order valence-corrected chi connectivity index (χ4v) is 2.49. The van der Waals surface area contributed by atoms with Gasteiger partial charge in [-0.15, -0.1) is 0 Å². The molecule has 0 aliphatic carbocycles. The van der Waals surface area contributed by atoms with Gasteiger partial charge in [-0.3, -0.25) is 9.59 Å². The van der Waals surface area contributed by atoms with E-state index in [4.69, 9.17) is 0 Å². The monoisotopic (exact) mass is 383 g/mol. The van der Waals surface area contributed by atoms with Crippen LogP contribution in [0.25, 0.3) is 0 Å². The van der Waals surface area contributed by atoms with E-state index in [1.807, 2.05) is 25.1 Å². The molecule has 1 heterocycles. The number of aryl methyl sites for hydroxylation is 2. The Morgan fingerprint density at radius 1 is 1.30 bits per heavy atom. The number of carbonyl (C=O) groups is 2. The topological polar surface area (TPSA) is 64.0 Å². The summed E-state index contributed by atoms with van der Waals surface area (Å²) < 4.78 is 2.16. The molecule has 1 aromatic heterocycles. The lowest BCUT2D eigenvalue weighted by Crippen LogP contribution is -2.33. The second kappa shape index (κ2) is 6.17. The molecule has 20 heavy (non-hydrogen) atoms. The van der Waals surface area contributed by atoms with Crippen LogP contribution in [0.5, 0.6) is 0 Å². The molecule has 2 aromatic rings. The van der Waals surface area contributed by atoms with Crippen molar-refractivity contribution in [2.24, 2.45) is 0 Å². The quantitative estimate of drug-likeness (QED) is 0.827. The molecule has 0 saturated carbocycles. The van der Waals surface area contributed by atoms with Crippen molar-refractivity contribution in [3.8, 4) is 0 Å². The van der Waals surface area contributed by atoms with Gasteiger partial charge in [0.2, 0.25) is 0 Å². The molecule has 0 radical (unpaired) electrons. The Labute approximate surface area is 130 Å². The molecule has 0 fully saturated rings. The van der Waals surface area contributed by atoms with Gasteiger partial charge in [0, 0.05) is 9.26 Å². The third-order valence-electron chi connectivity index (χ3n) is 2.76. The Hall–Kier alpha value is -1.70. The normalized spacial score (nSPS) is 10.3. The van der Waals surface area contributed by atoms with Crippen LogP contribution in [0, 0.1) is 17.4 Å². The molecule has 5 nitrogen and oxygen atoms in total. The van der Waals surface area contributed by atoms with Gasteiger partial charge in [-0.05, 0) is 54.6 Å². The molecule has 0 spiro atoms. The molecule has 1 aromatic carbocycles. The zero-order chi connectivity index (χ0) is 14.7. The van der Waals surface area contributed by atoms with Crippen molar-refractivity contribution in [2.45, 2.75) is 13.8 Å². The third kappa shape index (κ3) is 3.24. The summed E-state index contributed by atoms with van der Waals surface area (Å²) in [5.74, 6) is -0.514. The van der Waals surface area contributed by atoms with E-state index in [2.05, 4.69) is 33.0 Å². The molecule has 0 aliphatic rings. The standard InChI is InChI=1S/C14H14IN3O2/c1-9-7-10(2)18(17-9)13(19)8-16-14(20)11-5-3-4-6-12(11)15/h3-7H,8H2,1-2H3,(H,16,20). The second-order valence-electron chi connectivity index (χ2n) is 4.40. The van der Waals surface area contributed by atoms with E-state index >= 15 is 0 Å². The number of hydrogen-bond donors (Lipinski definition) is 1. The minimum absolute atomic E-state index is 0.0776. The van der Waals surface area contributed by atoms with E-state index in [1.165, 1.54) is 4.68 Å². The van der Waals surface area contributed by atoms with E-state index in [0.717, 1.165) is 15.0 Å². The lowest BCUT2D eigenvalue weighted by atomic mass is 10.2. The van der Waals surface area contributed by atoms with Crippen molar-refractivity contribution >= 4 is 34.4 Å². The summed E-state index contributed by atoms with van der Waals surface area (Å²) in [6.07, 6.45) is 0. The first kappa shape index (κ1) is 14.7. The Morgan fingerprint density at radius 2 is 2.00 bits per heavy atom. The predicted octanol–water partition coefficient (Wildman–Crippen LogP) is 2.17. The van der Waals surface area contributed by atoms with Crippen LogP contribution >= 0.6 is 22.6 Å². The van der Waals surface area contributed by atoms with Gasteiger partial charge >= 0.3 is 0 Å². The molecule has 104 valence electrons.